The minimum Gasteiger partial charge on any atom is -0.489 e. The molecule has 0 radical (unpaired) electrons. The fourth-order valence-electron chi connectivity index (χ4n) is 3.29. The van der Waals surface area contributed by atoms with Crippen molar-refractivity contribution in [2.75, 3.05) is 0 Å². The molecular weight excluding hydrogens is 525 g/mol. The summed E-state index contributed by atoms with van der Waals surface area (Å²) in [6.07, 6.45) is 1.28. The molecule has 0 fully saturated rings. The molecule has 4 rings (SSSR count). The normalized spacial score (nSPS) is 10.8. The van der Waals surface area contributed by atoms with E-state index in [1.165, 1.54) is 6.07 Å². The molecule has 1 aromatic heterocycles. The van der Waals surface area contributed by atoms with E-state index >= 15 is 0 Å². The molecule has 4 aromatic rings. The van der Waals surface area contributed by atoms with Gasteiger partial charge in [0.25, 0.3) is 0 Å². The van der Waals surface area contributed by atoms with Crippen LogP contribution in [0, 0.1) is 15.2 Å². The number of carbonyl (C=O) groups is 1. The minimum atomic E-state index is -0.739. The number of carbonyl (C=O) groups excluding carboxylic acids is 1. The average molecular weight is 544 g/mol. The number of Topliss-reactive ketones (excluding diaryl/α,β-unsaturated/α-hetero) is 1. The molecule has 0 amide bonds. The van der Waals surface area contributed by atoms with Crippen LogP contribution >= 0.6 is 22.6 Å². The van der Waals surface area contributed by atoms with Gasteiger partial charge in [0.05, 0.1) is 6.54 Å². The fourth-order valence-corrected chi connectivity index (χ4v) is 3.90. The lowest BCUT2D eigenvalue weighted by molar-refractivity contribution is 0.0985. The summed E-state index contributed by atoms with van der Waals surface area (Å²) < 4.78 is 36.5. The zero-order valence-corrected chi connectivity index (χ0v) is 19.1. The van der Waals surface area contributed by atoms with Crippen LogP contribution in [0.4, 0.5) is 8.78 Å². The topological polar surface area (TPSA) is 44.1 Å². The number of halogens is 3. The molecule has 0 aliphatic carbocycles. The van der Waals surface area contributed by atoms with Crippen LogP contribution in [0.1, 0.15) is 27.2 Å². The van der Waals surface area contributed by atoms with E-state index in [1.807, 2.05) is 42.5 Å². The van der Waals surface area contributed by atoms with E-state index in [0.717, 1.165) is 32.6 Å². The second-order valence-electron chi connectivity index (χ2n) is 7.23. The summed E-state index contributed by atoms with van der Waals surface area (Å²) in [4.78, 5) is 12.5. The van der Waals surface area contributed by atoms with Gasteiger partial charge in [-0.1, -0.05) is 36.4 Å². The Kier molecular flexibility index (Phi) is 6.94. The van der Waals surface area contributed by atoms with Gasteiger partial charge in [0.1, 0.15) is 29.7 Å². The summed E-state index contributed by atoms with van der Waals surface area (Å²) in [6, 6.07) is 20.8. The molecule has 3 aromatic carbocycles. The lowest BCUT2D eigenvalue weighted by Crippen LogP contribution is -2.10. The maximum Gasteiger partial charge on any atom is 0.187 e. The van der Waals surface area contributed by atoms with Gasteiger partial charge in [-0.3, -0.25) is 9.48 Å². The summed E-state index contributed by atoms with van der Waals surface area (Å²) in [6.45, 7) is 0.828. The van der Waals surface area contributed by atoms with Gasteiger partial charge in [0.2, 0.25) is 0 Å². The highest BCUT2D eigenvalue weighted by Gasteiger charge is 2.17. The molecule has 7 heteroatoms. The Morgan fingerprint density at radius 2 is 1.72 bits per heavy atom. The standard InChI is InChI=1S/C25H19F2IN2O2/c26-21-8-4-9-22(27)20(21)14-24(31)23-11-12-30(29-23)15-18-6-1-2-10-25(18)32-16-17-5-3-7-19(28)13-17/h1-13H,14-16H2. The van der Waals surface area contributed by atoms with E-state index in [0.29, 0.717) is 13.2 Å². The van der Waals surface area contributed by atoms with Crippen LogP contribution in [-0.4, -0.2) is 15.6 Å². The van der Waals surface area contributed by atoms with E-state index in [9.17, 15) is 13.6 Å². The van der Waals surface area contributed by atoms with Crippen LogP contribution in [0.15, 0.2) is 79.0 Å². The number of ether oxygens (including phenoxy) is 1. The Morgan fingerprint density at radius 3 is 2.50 bits per heavy atom. The predicted molar refractivity (Wildman–Crippen MR) is 126 cm³/mol. The van der Waals surface area contributed by atoms with Crippen molar-refractivity contribution in [1.82, 2.24) is 9.78 Å². The van der Waals surface area contributed by atoms with Crippen LogP contribution in [0.25, 0.3) is 0 Å². The predicted octanol–water partition coefficient (Wildman–Crippen LogP) is 5.82. The molecule has 0 aliphatic heterocycles. The van der Waals surface area contributed by atoms with Crippen LogP contribution in [0.5, 0.6) is 5.75 Å². The second-order valence-corrected chi connectivity index (χ2v) is 8.47. The van der Waals surface area contributed by atoms with Crippen molar-refractivity contribution < 1.29 is 18.3 Å². The van der Waals surface area contributed by atoms with Gasteiger partial charge in [-0.15, -0.1) is 0 Å². The molecule has 0 bridgehead atoms. The highest BCUT2D eigenvalue weighted by Crippen LogP contribution is 2.21. The van der Waals surface area contributed by atoms with E-state index in [2.05, 4.69) is 33.8 Å². The van der Waals surface area contributed by atoms with Crippen LogP contribution in [-0.2, 0) is 19.6 Å². The Balaban J connectivity index is 1.45. The molecule has 32 heavy (non-hydrogen) atoms. The van der Waals surface area contributed by atoms with E-state index in [4.69, 9.17) is 4.74 Å². The van der Waals surface area contributed by atoms with E-state index in [-0.39, 0.29) is 17.7 Å². The van der Waals surface area contributed by atoms with Crippen molar-refractivity contribution in [3.8, 4) is 5.75 Å². The lowest BCUT2D eigenvalue weighted by atomic mass is 10.1. The largest absolute Gasteiger partial charge is 0.489 e. The number of rotatable bonds is 8. The maximum atomic E-state index is 13.8. The van der Waals surface area contributed by atoms with Crippen molar-refractivity contribution >= 4 is 28.4 Å². The molecule has 0 unspecified atom stereocenters. The summed E-state index contributed by atoms with van der Waals surface area (Å²) in [5.74, 6) is -1.20. The monoisotopic (exact) mass is 544 g/mol. The van der Waals surface area contributed by atoms with E-state index < -0.39 is 17.4 Å². The molecule has 0 N–H and O–H groups in total. The van der Waals surface area contributed by atoms with Gasteiger partial charge < -0.3 is 4.74 Å². The SMILES string of the molecule is O=C(Cc1c(F)cccc1F)c1ccn(Cc2ccccc2OCc2cccc(I)c2)n1. The molecule has 4 nitrogen and oxygen atoms in total. The quantitative estimate of drug-likeness (QED) is 0.208. The molecule has 162 valence electrons. The summed E-state index contributed by atoms with van der Waals surface area (Å²) >= 11 is 2.26. The smallest absolute Gasteiger partial charge is 0.187 e. The molecule has 0 saturated heterocycles. The molecule has 0 spiro atoms. The first-order valence-electron chi connectivity index (χ1n) is 9.94. The van der Waals surface area contributed by atoms with Gasteiger partial charge in [-0.25, -0.2) is 8.78 Å². The first-order valence-corrected chi connectivity index (χ1v) is 11.0. The van der Waals surface area contributed by atoms with Crippen molar-refractivity contribution in [2.45, 2.75) is 19.6 Å². The van der Waals surface area contributed by atoms with Gasteiger partial charge in [-0.05, 0) is 64.6 Å². The summed E-state index contributed by atoms with van der Waals surface area (Å²) in [7, 11) is 0. The Labute approximate surface area is 198 Å². The van der Waals surface area contributed by atoms with E-state index in [1.54, 1.807) is 16.9 Å². The number of nitrogens with zero attached hydrogens (tertiary/aromatic N) is 2. The first kappa shape index (κ1) is 22.1. The lowest BCUT2D eigenvalue weighted by Gasteiger charge is -2.12. The Morgan fingerprint density at radius 1 is 0.969 bits per heavy atom. The number of benzene rings is 3. The van der Waals surface area contributed by atoms with Gasteiger partial charge in [-0.2, -0.15) is 5.10 Å². The Hall–Kier alpha value is -3.07. The molecule has 0 atom stereocenters. The molecular formula is C25H19F2IN2O2. The first-order chi connectivity index (χ1) is 15.5. The Bertz CT molecular complexity index is 1240. The van der Waals surface area contributed by atoms with Crippen molar-refractivity contribution in [1.29, 1.82) is 0 Å². The zero-order chi connectivity index (χ0) is 22.5. The van der Waals surface area contributed by atoms with Gasteiger partial charge >= 0.3 is 0 Å². The van der Waals surface area contributed by atoms with Crippen molar-refractivity contribution in [3.05, 3.63) is 117 Å². The summed E-state index contributed by atoms with van der Waals surface area (Å²) in [5.41, 5.74) is 1.88. The average Bonchev–Trinajstić information content (AvgIpc) is 3.24. The zero-order valence-electron chi connectivity index (χ0n) is 17.0. The molecule has 1 heterocycles. The number of hydrogen-bond acceptors (Lipinski definition) is 3. The third kappa shape index (κ3) is 5.40. The van der Waals surface area contributed by atoms with Crippen LogP contribution in [0.3, 0.4) is 0 Å². The highest BCUT2D eigenvalue weighted by molar-refractivity contribution is 14.1. The number of hydrogen-bond donors (Lipinski definition) is 0. The number of para-hydroxylation sites is 1. The van der Waals surface area contributed by atoms with Crippen LogP contribution in [0.2, 0.25) is 0 Å². The third-order valence-corrected chi connectivity index (χ3v) is 5.58. The second kappa shape index (κ2) is 10.0. The maximum absolute atomic E-state index is 13.8. The number of ketones is 1. The highest BCUT2D eigenvalue weighted by atomic mass is 127. The fraction of sp³-hybridized carbons (Fsp3) is 0.120. The van der Waals surface area contributed by atoms with Gasteiger partial charge in [0, 0.05) is 27.3 Å². The van der Waals surface area contributed by atoms with Gasteiger partial charge in [0.15, 0.2) is 5.78 Å². The minimum absolute atomic E-state index is 0.157. The summed E-state index contributed by atoms with van der Waals surface area (Å²) in [5, 5.41) is 4.30. The molecule has 0 saturated carbocycles. The van der Waals surface area contributed by atoms with Crippen molar-refractivity contribution in [2.24, 2.45) is 0 Å². The number of aromatic nitrogens is 2. The molecule has 0 aliphatic rings. The van der Waals surface area contributed by atoms with Crippen molar-refractivity contribution in [3.63, 3.8) is 0 Å². The van der Waals surface area contributed by atoms with Crippen LogP contribution < -0.4 is 4.74 Å². The third-order valence-electron chi connectivity index (χ3n) is 4.91.